The molecule has 11 heteroatoms. The lowest BCUT2D eigenvalue weighted by molar-refractivity contribution is -0.384. The Bertz CT molecular complexity index is 1370. The molecule has 0 aliphatic carbocycles. The molecule has 0 bridgehead atoms. The molecule has 0 atom stereocenters. The summed E-state index contributed by atoms with van der Waals surface area (Å²) in [5.41, 5.74) is 3.96. The summed E-state index contributed by atoms with van der Waals surface area (Å²) in [7, 11) is 0. The first-order valence-corrected chi connectivity index (χ1v) is 11.0. The van der Waals surface area contributed by atoms with Gasteiger partial charge >= 0.3 is 0 Å². The summed E-state index contributed by atoms with van der Waals surface area (Å²) in [4.78, 5) is 25.7. The van der Waals surface area contributed by atoms with Crippen molar-refractivity contribution in [1.82, 2.24) is 15.0 Å². The molecular formula is C24H24N8O3. The second-order valence-electron chi connectivity index (χ2n) is 7.47. The van der Waals surface area contributed by atoms with Gasteiger partial charge in [-0.25, -0.2) is 5.43 Å². The van der Waals surface area contributed by atoms with Crippen LogP contribution in [0.2, 0.25) is 0 Å². The Labute approximate surface area is 201 Å². The topological polar surface area (TPSA) is 142 Å². The summed E-state index contributed by atoms with van der Waals surface area (Å²) >= 11 is 0. The molecule has 0 saturated heterocycles. The molecule has 3 aromatic carbocycles. The van der Waals surface area contributed by atoms with Gasteiger partial charge < -0.3 is 15.3 Å². The zero-order chi connectivity index (χ0) is 24.8. The lowest BCUT2D eigenvalue weighted by Crippen LogP contribution is -2.25. The van der Waals surface area contributed by atoms with E-state index in [9.17, 15) is 15.2 Å². The van der Waals surface area contributed by atoms with Crippen molar-refractivity contribution in [2.45, 2.75) is 13.8 Å². The highest BCUT2D eigenvalue weighted by Gasteiger charge is 2.12. The van der Waals surface area contributed by atoms with Crippen LogP contribution in [0, 0.1) is 10.1 Å². The van der Waals surface area contributed by atoms with Gasteiger partial charge in [0.15, 0.2) is 0 Å². The van der Waals surface area contributed by atoms with E-state index in [1.807, 2.05) is 49.1 Å². The van der Waals surface area contributed by atoms with E-state index >= 15 is 0 Å². The molecule has 4 aromatic rings. The van der Waals surface area contributed by atoms with Crippen LogP contribution in [0.25, 0.3) is 10.8 Å². The number of non-ortho nitro benzene ring substituents is 1. The number of anilines is 4. The summed E-state index contributed by atoms with van der Waals surface area (Å²) in [6.45, 7) is 5.35. The lowest BCUT2D eigenvalue weighted by atomic mass is 10.0. The molecule has 0 unspecified atom stereocenters. The number of nitrogens with zero attached hydrogens (tertiary/aromatic N) is 6. The summed E-state index contributed by atoms with van der Waals surface area (Å²) in [5, 5.41) is 30.4. The Balaban J connectivity index is 1.62. The number of phenolic OH excluding ortho intramolecular Hbond substituents is 1. The summed E-state index contributed by atoms with van der Waals surface area (Å²) < 4.78 is 0. The minimum absolute atomic E-state index is 0.0107. The normalized spacial score (nSPS) is 11.0. The minimum Gasteiger partial charge on any atom is -0.507 e. The van der Waals surface area contributed by atoms with Crippen molar-refractivity contribution in [2.24, 2.45) is 5.10 Å². The van der Waals surface area contributed by atoms with Crippen LogP contribution < -0.4 is 15.6 Å². The lowest BCUT2D eigenvalue weighted by Gasteiger charge is -2.19. The van der Waals surface area contributed by atoms with Crippen molar-refractivity contribution in [3.05, 3.63) is 76.3 Å². The van der Waals surface area contributed by atoms with Crippen molar-refractivity contribution in [3.63, 3.8) is 0 Å². The first kappa shape index (κ1) is 23.4. The van der Waals surface area contributed by atoms with Crippen molar-refractivity contribution in [2.75, 3.05) is 28.7 Å². The number of nitro groups is 1. The summed E-state index contributed by atoms with van der Waals surface area (Å²) in [6, 6.07) is 17.1. The monoisotopic (exact) mass is 472 g/mol. The molecular weight excluding hydrogens is 448 g/mol. The Morgan fingerprint density at radius 2 is 1.71 bits per heavy atom. The molecule has 1 heterocycles. The molecule has 0 radical (unpaired) electrons. The third-order valence-corrected chi connectivity index (χ3v) is 5.31. The molecule has 0 aliphatic heterocycles. The molecule has 0 aliphatic rings. The van der Waals surface area contributed by atoms with Crippen LogP contribution in [-0.4, -0.2) is 44.3 Å². The fourth-order valence-corrected chi connectivity index (χ4v) is 3.49. The van der Waals surface area contributed by atoms with E-state index in [0.29, 0.717) is 30.3 Å². The van der Waals surface area contributed by atoms with Crippen LogP contribution in [0.15, 0.2) is 65.8 Å². The molecule has 35 heavy (non-hydrogen) atoms. The Kier molecular flexibility index (Phi) is 6.96. The molecule has 11 nitrogen and oxygen atoms in total. The van der Waals surface area contributed by atoms with Crippen molar-refractivity contribution in [1.29, 1.82) is 0 Å². The van der Waals surface area contributed by atoms with Crippen LogP contribution >= 0.6 is 0 Å². The van der Waals surface area contributed by atoms with Crippen LogP contribution in [0.4, 0.5) is 29.2 Å². The average molecular weight is 473 g/mol. The maximum Gasteiger partial charge on any atom is 0.269 e. The number of nitro benzene ring substituents is 1. The number of fused-ring (bicyclic) bond motifs is 1. The highest BCUT2D eigenvalue weighted by Crippen LogP contribution is 2.25. The number of hydrogen-bond donors (Lipinski definition) is 3. The third kappa shape index (κ3) is 5.41. The molecule has 4 rings (SSSR count). The second-order valence-corrected chi connectivity index (χ2v) is 7.47. The maximum absolute atomic E-state index is 10.9. The fraction of sp³-hybridized carbons (Fsp3) is 0.167. The van der Waals surface area contributed by atoms with Crippen molar-refractivity contribution >= 4 is 46.2 Å². The quantitative estimate of drug-likeness (QED) is 0.180. The van der Waals surface area contributed by atoms with Gasteiger partial charge in [-0.1, -0.05) is 30.3 Å². The van der Waals surface area contributed by atoms with E-state index in [-0.39, 0.29) is 23.3 Å². The Hall–Kier alpha value is -4.80. The minimum atomic E-state index is -0.459. The zero-order valence-electron chi connectivity index (χ0n) is 19.2. The molecule has 0 spiro atoms. The van der Waals surface area contributed by atoms with Crippen molar-refractivity contribution in [3.8, 4) is 5.75 Å². The van der Waals surface area contributed by atoms with E-state index in [0.717, 1.165) is 10.8 Å². The van der Waals surface area contributed by atoms with E-state index in [1.165, 1.54) is 18.3 Å². The van der Waals surface area contributed by atoms with Crippen LogP contribution in [0.1, 0.15) is 19.4 Å². The Morgan fingerprint density at radius 1 is 1.00 bits per heavy atom. The zero-order valence-corrected chi connectivity index (χ0v) is 19.2. The van der Waals surface area contributed by atoms with Crippen molar-refractivity contribution < 1.29 is 10.0 Å². The number of rotatable bonds is 9. The first-order valence-electron chi connectivity index (χ1n) is 11.0. The number of phenols is 1. The third-order valence-electron chi connectivity index (χ3n) is 5.31. The Morgan fingerprint density at radius 3 is 2.43 bits per heavy atom. The molecule has 0 amide bonds. The number of benzene rings is 3. The van der Waals surface area contributed by atoms with Gasteiger partial charge in [-0.05, 0) is 42.8 Å². The number of hydrogen-bond acceptors (Lipinski definition) is 10. The van der Waals surface area contributed by atoms with Crippen LogP contribution in [0.5, 0.6) is 5.75 Å². The smallest absolute Gasteiger partial charge is 0.269 e. The number of nitrogens with one attached hydrogen (secondary N) is 2. The molecule has 0 saturated carbocycles. The predicted octanol–water partition coefficient (Wildman–Crippen LogP) is 4.67. The highest BCUT2D eigenvalue weighted by atomic mass is 16.6. The van der Waals surface area contributed by atoms with E-state index in [1.54, 1.807) is 18.2 Å². The van der Waals surface area contributed by atoms with Gasteiger partial charge in [0.05, 0.1) is 11.1 Å². The van der Waals surface area contributed by atoms with Crippen LogP contribution in [-0.2, 0) is 0 Å². The van der Waals surface area contributed by atoms with Gasteiger partial charge in [0.1, 0.15) is 5.75 Å². The van der Waals surface area contributed by atoms with Gasteiger partial charge in [-0.3, -0.25) is 10.1 Å². The average Bonchev–Trinajstić information content (AvgIpc) is 2.86. The van der Waals surface area contributed by atoms with Gasteiger partial charge in [0, 0.05) is 36.5 Å². The summed E-state index contributed by atoms with van der Waals surface area (Å²) in [6.07, 6.45) is 1.52. The van der Waals surface area contributed by atoms with E-state index in [2.05, 4.69) is 30.8 Å². The molecule has 0 fully saturated rings. The van der Waals surface area contributed by atoms with Crippen LogP contribution in [0.3, 0.4) is 0 Å². The molecule has 178 valence electrons. The van der Waals surface area contributed by atoms with Gasteiger partial charge in [-0.15, -0.1) is 0 Å². The molecule has 3 N–H and O–H groups in total. The highest BCUT2D eigenvalue weighted by molar-refractivity contribution is 6.02. The number of aromatic hydroxyl groups is 1. The van der Waals surface area contributed by atoms with Gasteiger partial charge in [0.25, 0.3) is 5.69 Å². The standard InChI is InChI=1S/C24H24N8O3/c1-3-31(4-2)24-28-22(26-17-10-12-18(13-11-17)32(34)35)27-23(29-24)30-25-15-20-19-8-6-5-7-16(19)9-14-21(20)33/h5-15,33H,3-4H2,1-2H3,(H2,26,27,28,29,30)/b25-15+. The van der Waals surface area contributed by atoms with Gasteiger partial charge in [-0.2, -0.15) is 20.1 Å². The van der Waals surface area contributed by atoms with E-state index < -0.39 is 4.92 Å². The second kappa shape index (κ2) is 10.4. The van der Waals surface area contributed by atoms with E-state index in [4.69, 9.17) is 0 Å². The predicted molar refractivity (Wildman–Crippen MR) is 137 cm³/mol. The van der Waals surface area contributed by atoms with Gasteiger partial charge in [0.2, 0.25) is 17.8 Å². The fourth-order valence-electron chi connectivity index (χ4n) is 3.49. The molecule has 1 aromatic heterocycles. The maximum atomic E-state index is 10.9. The largest absolute Gasteiger partial charge is 0.507 e. The SMILES string of the molecule is CCN(CC)c1nc(N/N=C/c2c(O)ccc3ccccc23)nc(Nc2ccc([N+](=O)[O-])cc2)n1. The number of hydrazone groups is 1. The first-order chi connectivity index (χ1) is 17.0. The summed E-state index contributed by atoms with van der Waals surface area (Å²) in [5.74, 6) is 0.998. The number of aromatic nitrogens is 3.